The highest BCUT2D eigenvalue weighted by molar-refractivity contribution is 5.98. The summed E-state index contributed by atoms with van der Waals surface area (Å²) in [5.41, 5.74) is 1.88. The van der Waals surface area contributed by atoms with E-state index in [1.54, 1.807) is 18.4 Å². The topological polar surface area (TPSA) is 95.2 Å². The summed E-state index contributed by atoms with van der Waals surface area (Å²) in [5.74, 6) is 1.21. The predicted octanol–water partition coefficient (Wildman–Crippen LogP) is 3.92. The van der Waals surface area contributed by atoms with Gasteiger partial charge in [0.15, 0.2) is 11.5 Å². The van der Waals surface area contributed by atoms with Gasteiger partial charge in [0.1, 0.15) is 11.7 Å². The largest absolute Gasteiger partial charge is 0.504 e. The summed E-state index contributed by atoms with van der Waals surface area (Å²) in [5, 5.41) is 27.5. The number of likely N-dealkylation sites (tertiary alicyclic amines) is 1. The second-order valence-electron chi connectivity index (χ2n) is 11.6. The molecule has 3 N–H and O–H groups in total. The number of fused-ring (bicyclic) bond motifs is 1. The van der Waals surface area contributed by atoms with E-state index >= 15 is 0 Å². The maximum Gasteiger partial charge on any atom is 0.251 e. The van der Waals surface area contributed by atoms with E-state index in [1.807, 2.05) is 24.3 Å². The molecule has 3 fully saturated rings. The van der Waals surface area contributed by atoms with Crippen LogP contribution >= 0.6 is 12.4 Å². The minimum Gasteiger partial charge on any atom is -0.504 e. The summed E-state index contributed by atoms with van der Waals surface area (Å²) in [6.07, 6.45) is 6.51. The third kappa shape index (κ3) is 3.05. The third-order valence-corrected chi connectivity index (χ3v) is 9.79. The number of nitrogens with zero attached hydrogens (tertiary/aromatic N) is 1. The number of phenolic OH excluding ortho intramolecular Hbond substituents is 1. The lowest BCUT2D eigenvalue weighted by Crippen LogP contribution is -2.78. The molecule has 0 radical (unpaired) electrons. The molecule has 3 aromatic rings. The Balaban J connectivity index is 0.00000231. The number of furan rings is 1. The molecule has 7 nitrogen and oxygen atoms in total. The van der Waals surface area contributed by atoms with Crippen molar-refractivity contribution < 1.29 is 24.2 Å². The lowest BCUT2D eigenvalue weighted by Gasteiger charge is -2.64. The van der Waals surface area contributed by atoms with Crippen molar-refractivity contribution in [2.45, 2.75) is 67.7 Å². The van der Waals surface area contributed by atoms with E-state index in [0.29, 0.717) is 24.2 Å². The van der Waals surface area contributed by atoms with Crippen molar-refractivity contribution in [1.82, 2.24) is 10.2 Å². The smallest absolute Gasteiger partial charge is 0.251 e. The van der Waals surface area contributed by atoms with E-state index in [9.17, 15) is 15.0 Å². The van der Waals surface area contributed by atoms with Gasteiger partial charge in [-0.15, -0.1) is 12.4 Å². The molecule has 8 rings (SSSR count). The van der Waals surface area contributed by atoms with Crippen LogP contribution in [0, 0.1) is 5.92 Å². The van der Waals surface area contributed by atoms with E-state index in [-0.39, 0.29) is 36.1 Å². The zero-order valence-corrected chi connectivity index (χ0v) is 21.3. The molecule has 8 heteroatoms. The normalized spacial score (nSPS) is 33.4. The number of carbonyl (C=O) groups is 1. The van der Waals surface area contributed by atoms with Gasteiger partial charge in [0.25, 0.3) is 5.91 Å². The van der Waals surface area contributed by atoms with Gasteiger partial charge in [-0.25, -0.2) is 0 Å². The number of amides is 1. The van der Waals surface area contributed by atoms with Gasteiger partial charge >= 0.3 is 0 Å². The van der Waals surface area contributed by atoms with Gasteiger partial charge in [-0.2, -0.15) is 0 Å². The second kappa shape index (κ2) is 7.88. The molecule has 2 aliphatic heterocycles. The number of hydrogen-bond donors (Lipinski definition) is 3. The Kier molecular flexibility index (Phi) is 4.98. The summed E-state index contributed by atoms with van der Waals surface area (Å²) >= 11 is 0. The van der Waals surface area contributed by atoms with Gasteiger partial charge in [0.05, 0.1) is 23.3 Å². The van der Waals surface area contributed by atoms with Crippen LogP contribution in [-0.4, -0.2) is 57.9 Å². The third-order valence-electron chi connectivity index (χ3n) is 9.79. The summed E-state index contributed by atoms with van der Waals surface area (Å²) in [4.78, 5) is 15.9. The first-order valence-corrected chi connectivity index (χ1v) is 13.2. The quantitative estimate of drug-likeness (QED) is 0.481. The van der Waals surface area contributed by atoms with Crippen LogP contribution in [-0.2, 0) is 11.8 Å². The predicted molar refractivity (Wildman–Crippen MR) is 140 cm³/mol. The van der Waals surface area contributed by atoms with Crippen molar-refractivity contribution in [2.75, 3.05) is 13.1 Å². The number of halogens is 1. The molecule has 1 saturated heterocycles. The molecule has 1 aromatic heterocycles. The number of benzene rings is 2. The molecule has 2 aromatic carbocycles. The van der Waals surface area contributed by atoms with Crippen molar-refractivity contribution in [3.8, 4) is 11.5 Å². The molecule has 2 bridgehead atoms. The number of carbonyl (C=O) groups excluding carboxylic acids is 1. The zero-order valence-electron chi connectivity index (χ0n) is 20.5. The fraction of sp³-hybridized carbons (Fsp3) is 0.483. The Bertz CT molecular complexity index is 1420. The number of aliphatic hydroxyl groups is 1. The number of rotatable bonds is 4. The van der Waals surface area contributed by atoms with Crippen molar-refractivity contribution in [2.24, 2.45) is 5.92 Å². The summed E-state index contributed by atoms with van der Waals surface area (Å²) in [7, 11) is 0. The van der Waals surface area contributed by atoms with Crippen molar-refractivity contribution in [1.29, 1.82) is 0 Å². The van der Waals surface area contributed by atoms with Crippen molar-refractivity contribution >= 4 is 29.3 Å². The fourth-order valence-electron chi connectivity index (χ4n) is 7.99. The first kappa shape index (κ1) is 23.4. The van der Waals surface area contributed by atoms with Crippen molar-refractivity contribution in [3.05, 3.63) is 59.4 Å². The van der Waals surface area contributed by atoms with Crippen LogP contribution < -0.4 is 10.1 Å². The average Bonchev–Trinajstić information content (AvgIpc) is 3.42. The summed E-state index contributed by atoms with van der Waals surface area (Å²) in [6.45, 7) is 1.95. The number of ether oxygens (including phenoxy) is 1. The van der Waals surface area contributed by atoms with E-state index < -0.39 is 17.1 Å². The van der Waals surface area contributed by atoms with Crippen LogP contribution in [0.4, 0.5) is 0 Å². The molecule has 3 heterocycles. The monoisotopic (exact) mass is 522 g/mol. The maximum atomic E-state index is 13.4. The van der Waals surface area contributed by atoms with Gasteiger partial charge in [-0.05, 0) is 86.9 Å². The Morgan fingerprint density at radius 1 is 1.14 bits per heavy atom. The molecule has 3 aliphatic carbocycles. The van der Waals surface area contributed by atoms with E-state index in [0.717, 1.165) is 53.9 Å². The standard InChI is InChI=1S/C29H30N2O5.ClH/c32-21-5-3-18-14-23-29(34)9-7-20(30-27(33)19-4-6-22-17(13-19)8-12-35-22)26-28(29,24(18)25(21)36-26)10-11-31(23)15-16-1-2-16;/h3-6,8,12-13,16,20,23,26,32,34H,1-2,7,9-11,14-15H2,(H,30,33);1H/t20-,23+,26-,28-,29+;/m0./s1. The number of piperidine rings is 1. The van der Waals surface area contributed by atoms with Crippen LogP contribution in [0.1, 0.15) is 53.6 Å². The van der Waals surface area contributed by atoms with E-state index in [2.05, 4.69) is 10.2 Å². The summed E-state index contributed by atoms with van der Waals surface area (Å²) < 4.78 is 12.0. The van der Waals surface area contributed by atoms with Gasteiger partial charge in [0.2, 0.25) is 0 Å². The Hall–Kier alpha value is -2.74. The Labute approximate surface area is 221 Å². The fourth-order valence-corrected chi connectivity index (χ4v) is 7.99. The molecule has 1 amide bonds. The number of hydrogen-bond acceptors (Lipinski definition) is 6. The molecule has 37 heavy (non-hydrogen) atoms. The van der Waals surface area contributed by atoms with Gasteiger partial charge in [-0.1, -0.05) is 6.07 Å². The van der Waals surface area contributed by atoms with Gasteiger partial charge < -0.3 is 24.7 Å². The number of aromatic hydroxyl groups is 1. The van der Waals surface area contributed by atoms with Gasteiger partial charge in [0, 0.05) is 29.1 Å². The van der Waals surface area contributed by atoms with E-state index in [4.69, 9.17) is 9.15 Å². The van der Waals surface area contributed by atoms with Crippen LogP contribution in [0.3, 0.4) is 0 Å². The molecule has 0 unspecified atom stereocenters. The minimum absolute atomic E-state index is 0. The maximum absolute atomic E-state index is 13.4. The first-order valence-electron chi connectivity index (χ1n) is 13.2. The molecular formula is C29H31ClN2O5. The van der Waals surface area contributed by atoms with Crippen LogP contribution in [0.5, 0.6) is 11.5 Å². The Morgan fingerprint density at radius 2 is 2.00 bits per heavy atom. The molecule has 194 valence electrons. The highest BCUT2D eigenvalue weighted by atomic mass is 35.5. The lowest BCUT2D eigenvalue weighted by atomic mass is 9.48. The van der Waals surface area contributed by atoms with E-state index in [1.165, 1.54) is 12.8 Å². The van der Waals surface area contributed by atoms with Crippen molar-refractivity contribution in [3.63, 3.8) is 0 Å². The molecule has 5 atom stereocenters. The highest BCUT2D eigenvalue weighted by Gasteiger charge is 2.73. The molecule has 2 saturated carbocycles. The summed E-state index contributed by atoms with van der Waals surface area (Å²) in [6, 6.07) is 10.8. The minimum atomic E-state index is -0.951. The number of nitrogens with one attached hydrogen (secondary N) is 1. The second-order valence-corrected chi connectivity index (χ2v) is 11.6. The first-order chi connectivity index (χ1) is 17.5. The Morgan fingerprint density at radius 3 is 2.84 bits per heavy atom. The molecule has 1 spiro atoms. The van der Waals surface area contributed by atoms with Crippen LogP contribution in [0.2, 0.25) is 0 Å². The SMILES string of the molecule is Cl.O=C(N[C@H]1CC[C@@]2(O)[C@H]3Cc4ccc(O)c5c4[C@@]2(CCN3CC2CC2)[C@H]1O5)c1ccc2occc2c1. The van der Waals surface area contributed by atoms with Crippen LogP contribution in [0.15, 0.2) is 47.1 Å². The molecule has 5 aliphatic rings. The molecular weight excluding hydrogens is 492 g/mol. The highest BCUT2D eigenvalue weighted by Crippen LogP contribution is 2.65. The van der Waals surface area contributed by atoms with Crippen LogP contribution in [0.25, 0.3) is 11.0 Å². The average molecular weight is 523 g/mol. The zero-order chi connectivity index (χ0) is 24.2. The number of phenols is 1. The lowest BCUT2D eigenvalue weighted by molar-refractivity contribution is -0.191. The van der Waals surface area contributed by atoms with Gasteiger partial charge in [-0.3, -0.25) is 9.69 Å².